The topological polar surface area (TPSA) is 84.5 Å². The predicted octanol–water partition coefficient (Wildman–Crippen LogP) is 5.24. The van der Waals surface area contributed by atoms with Crippen LogP contribution < -0.4 is 10.0 Å². The van der Waals surface area contributed by atoms with Gasteiger partial charge in [-0.1, -0.05) is 59.6 Å². The fraction of sp³-hybridized carbons (Fsp3) is 0.296. The normalized spacial score (nSPS) is 15.4. The van der Waals surface area contributed by atoms with E-state index in [1.165, 1.54) is 18.2 Å². The summed E-state index contributed by atoms with van der Waals surface area (Å²) in [5.41, 5.74) is 3.43. The summed E-state index contributed by atoms with van der Waals surface area (Å²) in [7, 11) is -4.00. The number of nitrogens with one attached hydrogen (secondary N) is 2. The summed E-state index contributed by atoms with van der Waals surface area (Å²) in [4.78, 5) is 13.0. The van der Waals surface area contributed by atoms with Gasteiger partial charge in [-0.2, -0.15) is 0 Å². The number of hydrogen-bond acceptors (Lipinski definition) is 4. The first-order valence-electron chi connectivity index (χ1n) is 11.5. The van der Waals surface area contributed by atoms with Gasteiger partial charge in [0.15, 0.2) is 0 Å². The molecule has 0 spiro atoms. The molecule has 6 nitrogen and oxygen atoms in total. The van der Waals surface area contributed by atoms with Crippen molar-refractivity contribution in [3.8, 4) is 0 Å². The summed E-state index contributed by atoms with van der Waals surface area (Å²) in [5.74, 6) is -0.355. The maximum Gasteiger partial charge on any atom is 0.263 e. The Bertz CT molecular complexity index is 1320. The summed E-state index contributed by atoms with van der Waals surface area (Å²) < 4.78 is 34.4. The molecule has 1 saturated heterocycles. The van der Waals surface area contributed by atoms with Crippen LogP contribution in [0.5, 0.6) is 0 Å². The van der Waals surface area contributed by atoms with Crippen LogP contribution >= 0.6 is 11.6 Å². The van der Waals surface area contributed by atoms with Gasteiger partial charge in [0.25, 0.3) is 15.9 Å². The molecule has 2 N–H and O–H groups in total. The van der Waals surface area contributed by atoms with Crippen LogP contribution in [-0.4, -0.2) is 34.1 Å². The van der Waals surface area contributed by atoms with Gasteiger partial charge in [-0.15, -0.1) is 0 Å². The molecule has 0 aliphatic carbocycles. The van der Waals surface area contributed by atoms with Crippen molar-refractivity contribution >= 4 is 33.2 Å². The van der Waals surface area contributed by atoms with Gasteiger partial charge in [0.2, 0.25) is 0 Å². The minimum atomic E-state index is -4.00. The quantitative estimate of drug-likeness (QED) is 0.453. The van der Waals surface area contributed by atoms with Crippen LogP contribution in [0.25, 0.3) is 0 Å². The van der Waals surface area contributed by atoms with Gasteiger partial charge in [-0.05, 0) is 62.1 Å². The van der Waals surface area contributed by atoms with Crippen molar-refractivity contribution < 1.29 is 17.9 Å². The van der Waals surface area contributed by atoms with E-state index in [2.05, 4.69) is 22.2 Å². The summed E-state index contributed by atoms with van der Waals surface area (Å²) >= 11 is 6.25. The lowest BCUT2D eigenvalue weighted by atomic mass is 9.74. The number of halogens is 1. The molecule has 1 amide bonds. The molecule has 1 aliphatic rings. The standard InChI is InChI=1S/C27H29ClN2O4S/c1-19-8-11-24(20(2)16-19)30-35(32,33)25-17-21(9-10-23(25)28)26(31)29-18-27(12-14-34-15-13-27)22-6-4-3-5-7-22/h3-11,16-17,30H,12-15,18H2,1-2H3,(H,29,31). The molecular formula is C27H29ClN2O4S. The van der Waals surface area contributed by atoms with Crippen LogP contribution in [0, 0.1) is 13.8 Å². The molecule has 0 radical (unpaired) electrons. The average molecular weight is 513 g/mol. The Labute approximate surface area is 211 Å². The monoisotopic (exact) mass is 512 g/mol. The summed E-state index contributed by atoms with van der Waals surface area (Å²) in [6.45, 7) is 5.43. The number of carbonyl (C=O) groups is 1. The van der Waals surface area contributed by atoms with Crippen molar-refractivity contribution in [2.45, 2.75) is 37.0 Å². The van der Waals surface area contributed by atoms with Crippen molar-refractivity contribution in [3.05, 3.63) is 94.0 Å². The average Bonchev–Trinajstić information content (AvgIpc) is 2.85. The Morgan fingerprint density at radius 1 is 1.00 bits per heavy atom. The van der Waals surface area contributed by atoms with E-state index in [-0.39, 0.29) is 26.8 Å². The Morgan fingerprint density at radius 2 is 1.71 bits per heavy atom. The van der Waals surface area contributed by atoms with Crippen LogP contribution in [0.2, 0.25) is 5.02 Å². The number of ether oxygens (including phenoxy) is 1. The lowest BCUT2D eigenvalue weighted by Crippen LogP contribution is -2.44. The van der Waals surface area contributed by atoms with E-state index in [0.717, 1.165) is 29.5 Å². The summed E-state index contributed by atoms with van der Waals surface area (Å²) in [5, 5.41) is 3.06. The molecule has 0 aromatic heterocycles. The van der Waals surface area contributed by atoms with Crippen molar-refractivity contribution in [1.29, 1.82) is 0 Å². The molecule has 1 fully saturated rings. The van der Waals surface area contributed by atoms with Crippen molar-refractivity contribution in [2.24, 2.45) is 0 Å². The lowest BCUT2D eigenvalue weighted by molar-refractivity contribution is 0.0487. The minimum Gasteiger partial charge on any atom is -0.381 e. The first kappa shape index (κ1) is 25.2. The third-order valence-electron chi connectivity index (χ3n) is 6.53. The number of sulfonamides is 1. The van der Waals surface area contributed by atoms with Crippen LogP contribution in [0.4, 0.5) is 5.69 Å². The number of amides is 1. The molecule has 3 aromatic rings. The highest BCUT2D eigenvalue weighted by atomic mass is 35.5. The Kier molecular flexibility index (Phi) is 7.50. The Hall–Kier alpha value is -2.87. The molecule has 3 aromatic carbocycles. The molecule has 8 heteroatoms. The molecule has 0 saturated carbocycles. The largest absolute Gasteiger partial charge is 0.381 e. The lowest BCUT2D eigenvalue weighted by Gasteiger charge is -2.38. The smallest absolute Gasteiger partial charge is 0.263 e. The fourth-order valence-corrected chi connectivity index (χ4v) is 6.11. The second kappa shape index (κ2) is 10.4. The van der Waals surface area contributed by atoms with E-state index in [1.807, 2.05) is 44.2 Å². The van der Waals surface area contributed by atoms with Gasteiger partial charge in [0.1, 0.15) is 4.90 Å². The van der Waals surface area contributed by atoms with Gasteiger partial charge >= 0.3 is 0 Å². The second-order valence-corrected chi connectivity index (χ2v) is 11.1. The van der Waals surface area contributed by atoms with Crippen molar-refractivity contribution in [1.82, 2.24) is 5.32 Å². The number of carbonyl (C=O) groups excluding carboxylic acids is 1. The maximum absolute atomic E-state index is 13.1. The van der Waals surface area contributed by atoms with E-state index < -0.39 is 10.0 Å². The SMILES string of the molecule is Cc1ccc(NS(=O)(=O)c2cc(C(=O)NCC3(c4ccccc4)CCOCC3)ccc2Cl)c(C)c1. The summed E-state index contributed by atoms with van der Waals surface area (Å²) in [6.07, 6.45) is 1.58. The second-order valence-electron chi connectivity index (χ2n) is 9.01. The highest BCUT2D eigenvalue weighted by Crippen LogP contribution is 2.34. The molecule has 0 bridgehead atoms. The number of hydrogen-bond donors (Lipinski definition) is 2. The minimum absolute atomic E-state index is 0.0454. The number of rotatable bonds is 7. The van der Waals surface area contributed by atoms with Crippen molar-refractivity contribution in [3.63, 3.8) is 0 Å². The van der Waals surface area contributed by atoms with Gasteiger partial charge < -0.3 is 10.1 Å². The molecule has 1 heterocycles. The molecular weight excluding hydrogens is 484 g/mol. The molecule has 4 rings (SSSR count). The molecule has 35 heavy (non-hydrogen) atoms. The van der Waals surface area contributed by atoms with Gasteiger partial charge in [-0.3, -0.25) is 9.52 Å². The third-order valence-corrected chi connectivity index (χ3v) is 8.38. The zero-order valence-corrected chi connectivity index (χ0v) is 21.4. The zero-order chi connectivity index (χ0) is 25.1. The van der Waals surface area contributed by atoms with Gasteiger partial charge in [-0.25, -0.2) is 8.42 Å². The Balaban J connectivity index is 1.55. The van der Waals surface area contributed by atoms with Crippen LogP contribution in [0.15, 0.2) is 71.6 Å². The van der Waals surface area contributed by atoms with E-state index in [1.54, 1.807) is 6.07 Å². The predicted molar refractivity (Wildman–Crippen MR) is 139 cm³/mol. The van der Waals surface area contributed by atoms with Crippen molar-refractivity contribution in [2.75, 3.05) is 24.5 Å². The summed E-state index contributed by atoms with van der Waals surface area (Å²) in [6, 6.07) is 19.8. The van der Waals surface area contributed by atoms with Crippen LogP contribution in [0.3, 0.4) is 0 Å². The first-order valence-corrected chi connectivity index (χ1v) is 13.4. The molecule has 1 aliphatic heterocycles. The Morgan fingerprint density at radius 3 is 2.40 bits per heavy atom. The van der Waals surface area contributed by atoms with Gasteiger partial charge in [0.05, 0.1) is 10.7 Å². The van der Waals surface area contributed by atoms with E-state index in [4.69, 9.17) is 16.3 Å². The van der Waals surface area contributed by atoms with E-state index >= 15 is 0 Å². The fourth-order valence-electron chi connectivity index (χ4n) is 4.45. The zero-order valence-electron chi connectivity index (χ0n) is 19.8. The number of anilines is 1. The highest BCUT2D eigenvalue weighted by molar-refractivity contribution is 7.92. The third kappa shape index (κ3) is 5.69. The number of aryl methyl sites for hydroxylation is 2. The molecule has 0 atom stereocenters. The van der Waals surface area contributed by atoms with Crippen LogP contribution in [0.1, 0.15) is 39.9 Å². The molecule has 0 unspecified atom stereocenters. The first-order chi connectivity index (χ1) is 16.7. The molecule has 184 valence electrons. The van der Waals surface area contributed by atoms with E-state index in [0.29, 0.717) is 25.4 Å². The van der Waals surface area contributed by atoms with Gasteiger partial charge in [0, 0.05) is 30.7 Å². The number of benzene rings is 3. The highest BCUT2D eigenvalue weighted by Gasteiger charge is 2.35. The maximum atomic E-state index is 13.1. The van der Waals surface area contributed by atoms with Crippen LogP contribution in [-0.2, 0) is 20.2 Å². The van der Waals surface area contributed by atoms with E-state index in [9.17, 15) is 13.2 Å².